The first kappa shape index (κ1) is 23.1. The number of morpholine rings is 1. The van der Waals surface area contributed by atoms with Crippen LogP contribution in [0, 0.1) is 11.3 Å². The van der Waals surface area contributed by atoms with Crippen molar-refractivity contribution < 1.29 is 23.8 Å². The number of para-hydroxylation sites is 1. The summed E-state index contributed by atoms with van der Waals surface area (Å²) in [4.78, 5) is 26.4. The number of rotatable bonds is 7. The van der Waals surface area contributed by atoms with Crippen molar-refractivity contribution in [3.63, 3.8) is 0 Å². The van der Waals surface area contributed by atoms with Crippen LogP contribution in [-0.2, 0) is 14.3 Å². The summed E-state index contributed by atoms with van der Waals surface area (Å²) in [5.41, 5.74) is 0.856. The number of hydrogen-bond donors (Lipinski definition) is 1. The highest BCUT2D eigenvalue weighted by Gasteiger charge is 2.18. The van der Waals surface area contributed by atoms with Crippen LogP contribution in [0.15, 0.2) is 48.0 Å². The molecule has 1 heterocycles. The number of carbonyl (C=O) groups excluding carboxylic acids is 2. The number of nitrogens with zero attached hydrogens (tertiary/aromatic N) is 2. The van der Waals surface area contributed by atoms with Gasteiger partial charge >= 0.3 is 0 Å². The summed E-state index contributed by atoms with van der Waals surface area (Å²) in [5.74, 6) is 0.0287. The van der Waals surface area contributed by atoms with Crippen molar-refractivity contribution >= 4 is 35.2 Å². The Hall–Kier alpha value is -3.54. The minimum absolute atomic E-state index is 0.108. The molecule has 0 aliphatic carbocycles. The van der Waals surface area contributed by atoms with Crippen molar-refractivity contribution in [3.8, 4) is 17.6 Å². The second-order valence-corrected chi connectivity index (χ2v) is 7.20. The number of ether oxygens (including phenoxy) is 3. The molecule has 32 heavy (non-hydrogen) atoms. The van der Waals surface area contributed by atoms with Gasteiger partial charge in [-0.15, -0.1) is 0 Å². The average molecular weight is 456 g/mol. The van der Waals surface area contributed by atoms with E-state index in [1.54, 1.807) is 47.4 Å². The molecule has 9 heteroatoms. The van der Waals surface area contributed by atoms with Crippen LogP contribution in [-0.4, -0.2) is 56.7 Å². The fourth-order valence-electron chi connectivity index (χ4n) is 3.00. The highest BCUT2D eigenvalue weighted by molar-refractivity contribution is 6.34. The van der Waals surface area contributed by atoms with Crippen LogP contribution in [0.1, 0.15) is 5.56 Å². The molecule has 1 N–H and O–H groups in total. The van der Waals surface area contributed by atoms with Gasteiger partial charge in [0, 0.05) is 13.1 Å². The highest BCUT2D eigenvalue weighted by atomic mass is 35.5. The van der Waals surface area contributed by atoms with E-state index in [4.69, 9.17) is 25.8 Å². The first-order valence-electron chi connectivity index (χ1n) is 9.86. The van der Waals surface area contributed by atoms with Crippen LogP contribution in [0.4, 0.5) is 5.69 Å². The number of benzene rings is 2. The molecule has 3 rings (SSSR count). The zero-order valence-electron chi connectivity index (χ0n) is 17.5. The number of nitriles is 1. The molecule has 0 bridgehead atoms. The third-order valence-electron chi connectivity index (χ3n) is 4.70. The maximum Gasteiger partial charge on any atom is 0.266 e. The van der Waals surface area contributed by atoms with Gasteiger partial charge in [-0.25, -0.2) is 0 Å². The van der Waals surface area contributed by atoms with Gasteiger partial charge in [-0.2, -0.15) is 5.26 Å². The molecule has 0 radical (unpaired) electrons. The van der Waals surface area contributed by atoms with Gasteiger partial charge in [0.05, 0.1) is 31.0 Å². The smallest absolute Gasteiger partial charge is 0.266 e. The van der Waals surface area contributed by atoms with Gasteiger partial charge in [-0.05, 0) is 35.9 Å². The number of halogens is 1. The molecule has 8 nitrogen and oxygen atoms in total. The van der Waals surface area contributed by atoms with E-state index < -0.39 is 5.91 Å². The normalized spacial score (nSPS) is 13.8. The maximum atomic E-state index is 12.5. The number of hydrogen-bond acceptors (Lipinski definition) is 6. The van der Waals surface area contributed by atoms with Crippen LogP contribution in [0.2, 0.25) is 5.02 Å². The number of methoxy groups -OCH3 is 1. The molecule has 1 saturated heterocycles. The zero-order valence-corrected chi connectivity index (χ0v) is 18.2. The molecule has 1 aliphatic heterocycles. The van der Waals surface area contributed by atoms with Gasteiger partial charge in [-0.1, -0.05) is 29.8 Å². The summed E-state index contributed by atoms with van der Waals surface area (Å²) in [6.45, 7) is 1.98. The predicted octanol–water partition coefficient (Wildman–Crippen LogP) is 3.13. The third-order valence-corrected chi connectivity index (χ3v) is 5.03. The van der Waals surface area contributed by atoms with Crippen LogP contribution >= 0.6 is 11.6 Å². The summed E-state index contributed by atoms with van der Waals surface area (Å²) in [5, 5.41) is 12.4. The fraction of sp³-hybridized carbons (Fsp3) is 0.261. The van der Waals surface area contributed by atoms with Crippen molar-refractivity contribution in [1.82, 2.24) is 4.90 Å². The Morgan fingerprint density at radius 1 is 1.22 bits per heavy atom. The van der Waals surface area contributed by atoms with E-state index in [1.807, 2.05) is 6.07 Å². The number of carbonyl (C=O) groups is 2. The first-order chi connectivity index (χ1) is 15.5. The molecule has 1 fully saturated rings. The van der Waals surface area contributed by atoms with Crippen molar-refractivity contribution in [2.75, 3.05) is 45.3 Å². The molecular weight excluding hydrogens is 434 g/mol. The minimum Gasteiger partial charge on any atom is -0.493 e. The van der Waals surface area contributed by atoms with Gasteiger partial charge in [-0.3, -0.25) is 9.59 Å². The monoisotopic (exact) mass is 455 g/mol. The quantitative estimate of drug-likeness (QED) is 0.508. The van der Waals surface area contributed by atoms with E-state index in [1.165, 1.54) is 13.2 Å². The van der Waals surface area contributed by atoms with Gasteiger partial charge in [0.25, 0.3) is 11.8 Å². The summed E-state index contributed by atoms with van der Waals surface area (Å²) in [6.07, 6.45) is 1.43. The van der Waals surface area contributed by atoms with Gasteiger partial charge < -0.3 is 24.4 Å². The predicted molar refractivity (Wildman–Crippen MR) is 120 cm³/mol. The van der Waals surface area contributed by atoms with Gasteiger partial charge in [0.15, 0.2) is 18.1 Å². The van der Waals surface area contributed by atoms with Gasteiger partial charge in [0.2, 0.25) is 0 Å². The van der Waals surface area contributed by atoms with E-state index in [9.17, 15) is 14.9 Å². The Labute approximate surface area is 190 Å². The second-order valence-electron chi connectivity index (χ2n) is 6.80. The summed E-state index contributed by atoms with van der Waals surface area (Å²) >= 11 is 6.05. The molecule has 0 unspecified atom stereocenters. The van der Waals surface area contributed by atoms with Crippen LogP contribution in [0.5, 0.6) is 11.5 Å². The second kappa shape index (κ2) is 11.2. The van der Waals surface area contributed by atoms with Crippen LogP contribution < -0.4 is 14.8 Å². The molecule has 0 saturated carbocycles. The molecule has 166 valence electrons. The lowest BCUT2D eigenvalue weighted by Crippen LogP contribution is -2.43. The van der Waals surface area contributed by atoms with E-state index in [0.717, 1.165) is 0 Å². The number of anilines is 1. The SMILES string of the molecule is COc1cc(/C=C(\C#N)C(=O)Nc2ccccc2Cl)ccc1OCC(=O)N1CCOCC1. The Morgan fingerprint density at radius 2 is 1.97 bits per heavy atom. The first-order valence-corrected chi connectivity index (χ1v) is 10.2. The van der Waals surface area contributed by atoms with Gasteiger partial charge in [0.1, 0.15) is 11.6 Å². The average Bonchev–Trinajstić information content (AvgIpc) is 2.83. The molecule has 2 aromatic rings. The van der Waals surface area contributed by atoms with Crippen molar-refractivity contribution in [1.29, 1.82) is 5.26 Å². The van der Waals surface area contributed by atoms with E-state index in [-0.39, 0.29) is 18.1 Å². The standard InChI is InChI=1S/C23H22ClN3O5/c1-30-21-13-16(6-7-20(21)32-15-22(28)27-8-10-31-11-9-27)12-17(14-25)23(29)26-19-5-3-2-4-18(19)24/h2-7,12-13H,8-11,15H2,1H3,(H,26,29)/b17-12+. The molecule has 2 amide bonds. The molecular formula is C23H22ClN3O5. The lowest BCUT2D eigenvalue weighted by atomic mass is 10.1. The number of nitrogens with one attached hydrogen (secondary N) is 1. The molecule has 1 aliphatic rings. The van der Waals surface area contributed by atoms with Crippen molar-refractivity contribution in [3.05, 3.63) is 58.6 Å². The fourth-order valence-corrected chi connectivity index (χ4v) is 3.19. The summed E-state index contributed by atoms with van der Waals surface area (Å²) in [6, 6.07) is 13.5. The van der Waals surface area contributed by atoms with Crippen LogP contribution in [0.3, 0.4) is 0 Å². The summed E-state index contributed by atoms with van der Waals surface area (Å²) < 4.78 is 16.2. The van der Waals surface area contributed by atoms with Crippen molar-refractivity contribution in [2.24, 2.45) is 0 Å². The molecule has 0 aromatic heterocycles. The van der Waals surface area contributed by atoms with E-state index in [0.29, 0.717) is 54.1 Å². The Morgan fingerprint density at radius 3 is 2.66 bits per heavy atom. The molecule has 0 spiro atoms. The lowest BCUT2D eigenvalue weighted by molar-refractivity contribution is -0.137. The lowest BCUT2D eigenvalue weighted by Gasteiger charge is -2.26. The van der Waals surface area contributed by atoms with Crippen molar-refractivity contribution in [2.45, 2.75) is 0 Å². The van der Waals surface area contributed by atoms with E-state index >= 15 is 0 Å². The Balaban J connectivity index is 1.70. The Bertz CT molecular complexity index is 1060. The third kappa shape index (κ3) is 6.00. The molecule has 2 aromatic carbocycles. The van der Waals surface area contributed by atoms with Crippen LogP contribution in [0.25, 0.3) is 6.08 Å². The summed E-state index contributed by atoms with van der Waals surface area (Å²) in [7, 11) is 1.47. The maximum absolute atomic E-state index is 12.5. The Kier molecular flexibility index (Phi) is 8.08. The highest BCUT2D eigenvalue weighted by Crippen LogP contribution is 2.29. The molecule has 0 atom stereocenters. The minimum atomic E-state index is -0.587. The van der Waals surface area contributed by atoms with E-state index in [2.05, 4.69) is 5.32 Å². The topological polar surface area (TPSA) is 101 Å². The largest absolute Gasteiger partial charge is 0.493 e. The zero-order chi connectivity index (χ0) is 22.9. The number of amides is 2.